The maximum absolute atomic E-state index is 12.2. The molecular formula is C20H24Cl2N4O4S. The highest BCUT2D eigenvalue weighted by Gasteiger charge is 2.15. The first kappa shape index (κ1) is 24.9. The third-order valence-corrected chi connectivity index (χ3v) is 6.00. The summed E-state index contributed by atoms with van der Waals surface area (Å²) in [6.07, 6.45) is 0.999. The van der Waals surface area contributed by atoms with Crippen LogP contribution in [0.3, 0.4) is 0 Å². The van der Waals surface area contributed by atoms with Crippen molar-refractivity contribution in [1.82, 2.24) is 16.0 Å². The number of nitrogens with zero attached hydrogens (tertiary/aromatic N) is 1. The molecule has 0 aliphatic carbocycles. The number of amides is 3. The predicted octanol–water partition coefficient (Wildman–Crippen LogP) is 3.23. The van der Waals surface area contributed by atoms with Crippen molar-refractivity contribution < 1.29 is 18.4 Å². The van der Waals surface area contributed by atoms with Gasteiger partial charge in [-0.2, -0.15) is 0 Å². The van der Waals surface area contributed by atoms with Crippen LogP contribution in [0.4, 0.5) is 10.5 Å². The van der Waals surface area contributed by atoms with Gasteiger partial charge in [0.05, 0.1) is 15.7 Å². The van der Waals surface area contributed by atoms with Gasteiger partial charge in [0.25, 0.3) is 17.2 Å². The van der Waals surface area contributed by atoms with Crippen LogP contribution in [-0.4, -0.2) is 47.4 Å². The summed E-state index contributed by atoms with van der Waals surface area (Å²) >= 11 is 9.95. The Balaban J connectivity index is 1.92. The summed E-state index contributed by atoms with van der Waals surface area (Å²) in [7, 11) is 1.53. The molecule has 31 heavy (non-hydrogen) atoms. The Kier molecular flexibility index (Phi) is 10.1. The molecule has 0 saturated carbocycles. The second-order valence-corrected chi connectivity index (χ2v) is 8.15. The Hall–Kier alpha value is -2.33. The minimum Gasteiger partial charge on any atom is -0.352 e. The normalized spacial score (nSPS) is 11.5. The highest BCUT2D eigenvalue weighted by atomic mass is 35.5. The lowest BCUT2D eigenvalue weighted by Crippen LogP contribution is -2.35. The van der Waals surface area contributed by atoms with Gasteiger partial charge in [-0.3, -0.25) is 13.7 Å². The Morgan fingerprint density at radius 2 is 1.74 bits per heavy atom. The number of anilines is 1. The molecule has 0 radical (unpaired) electrons. The van der Waals surface area contributed by atoms with Crippen molar-refractivity contribution in [3.05, 3.63) is 63.6 Å². The smallest absolute Gasteiger partial charge is 0.314 e. The lowest BCUT2D eigenvalue weighted by atomic mass is 10.1. The first-order valence-electron chi connectivity index (χ1n) is 9.48. The summed E-state index contributed by atoms with van der Waals surface area (Å²) in [5, 5.41) is 8.68. The molecule has 11 heteroatoms. The third kappa shape index (κ3) is 7.70. The zero-order valence-corrected chi connectivity index (χ0v) is 19.2. The Morgan fingerprint density at radius 3 is 2.39 bits per heavy atom. The van der Waals surface area contributed by atoms with E-state index >= 15 is 0 Å². The molecule has 2 rings (SSSR count). The van der Waals surface area contributed by atoms with E-state index in [1.165, 1.54) is 11.4 Å². The van der Waals surface area contributed by atoms with Gasteiger partial charge < -0.3 is 16.0 Å². The molecule has 8 nitrogen and oxygen atoms in total. The van der Waals surface area contributed by atoms with Gasteiger partial charge in [0, 0.05) is 32.2 Å². The molecule has 168 valence electrons. The number of carbonyl (C=O) groups excluding carboxylic acids is 2. The molecule has 1 atom stereocenters. The van der Waals surface area contributed by atoms with E-state index in [0.29, 0.717) is 47.2 Å². The maximum Gasteiger partial charge on any atom is 0.314 e. The number of benzene rings is 2. The van der Waals surface area contributed by atoms with Gasteiger partial charge in [-0.15, -0.1) is 0 Å². The molecular weight excluding hydrogens is 463 g/mol. The van der Waals surface area contributed by atoms with E-state index in [0.717, 1.165) is 5.56 Å². The van der Waals surface area contributed by atoms with Gasteiger partial charge in [-0.25, -0.2) is 9.00 Å². The number of halogens is 2. The molecule has 0 bridgehead atoms. The van der Waals surface area contributed by atoms with E-state index in [4.69, 9.17) is 23.2 Å². The first-order valence-corrected chi connectivity index (χ1v) is 11.3. The summed E-state index contributed by atoms with van der Waals surface area (Å²) in [6.45, 7) is 1.07. The van der Waals surface area contributed by atoms with E-state index in [2.05, 4.69) is 16.0 Å². The molecule has 2 aromatic carbocycles. The number of rotatable bonds is 10. The first-order chi connectivity index (χ1) is 14.8. The van der Waals surface area contributed by atoms with Gasteiger partial charge >= 0.3 is 6.03 Å². The van der Waals surface area contributed by atoms with Crippen molar-refractivity contribution in [2.24, 2.45) is 0 Å². The number of nitrogens with one attached hydrogen (secondary N) is 3. The lowest BCUT2D eigenvalue weighted by Gasteiger charge is -2.20. The quantitative estimate of drug-likeness (QED) is 0.305. The van der Waals surface area contributed by atoms with Gasteiger partial charge in [-0.05, 0) is 48.7 Å². The summed E-state index contributed by atoms with van der Waals surface area (Å²) in [4.78, 5) is 23.3. The van der Waals surface area contributed by atoms with Crippen molar-refractivity contribution >= 4 is 52.1 Å². The van der Waals surface area contributed by atoms with Crippen LogP contribution in [0.15, 0.2) is 42.5 Å². The molecule has 0 aliphatic rings. The lowest BCUT2D eigenvalue weighted by molar-refractivity contribution is 0.0953. The molecule has 2 aromatic rings. The van der Waals surface area contributed by atoms with E-state index < -0.39 is 11.3 Å². The second kappa shape index (κ2) is 12.5. The number of hydrogen-bond acceptors (Lipinski definition) is 3. The topological polar surface area (TPSA) is 111 Å². The molecule has 0 saturated heterocycles. The monoisotopic (exact) mass is 486 g/mol. The second-order valence-electron chi connectivity index (χ2n) is 6.46. The third-order valence-electron chi connectivity index (χ3n) is 4.37. The molecule has 0 aromatic heterocycles. The molecule has 0 aliphatic heterocycles. The van der Waals surface area contributed by atoms with E-state index in [1.54, 1.807) is 36.4 Å². The Bertz CT molecular complexity index is 928. The van der Waals surface area contributed by atoms with Gasteiger partial charge in [-0.1, -0.05) is 35.3 Å². The van der Waals surface area contributed by atoms with Crippen LogP contribution in [0, 0.1) is 0 Å². The minimum absolute atomic E-state index is 0.229. The molecule has 0 fully saturated rings. The van der Waals surface area contributed by atoms with Crippen molar-refractivity contribution in [1.29, 1.82) is 0 Å². The van der Waals surface area contributed by atoms with Crippen molar-refractivity contribution in [2.45, 2.75) is 12.8 Å². The van der Waals surface area contributed by atoms with Crippen molar-refractivity contribution in [3.63, 3.8) is 0 Å². The summed E-state index contributed by atoms with van der Waals surface area (Å²) in [5.74, 6) is -0.270. The molecule has 1 unspecified atom stereocenters. The van der Waals surface area contributed by atoms with Crippen molar-refractivity contribution in [2.75, 3.05) is 31.0 Å². The standard InChI is InChI=1S/C20H24Cl2N4O4S/c1-23-20(28)25-12-3-11-24-19(27)15-6-8-16(9-7-15)26(31(29)30)13-10-14-4-2-5-17(21)18(14)22/h2,4-9H,3,10-13H2,1H3,(H,24,27)(H,29,30)(H2,23,25,28). The van der Waals surface area contributed by atoms with Crippen LogP contribution in [0.5, 0.6) is 0 Å². The average molecular weight is 487 g/mol. The van der Waals surface area contributed by atoms with Crippen molar-refractivity contribution in [3.8, 4) is 0 Å². The fourth-order valence-corrected chi connectivity index (χ4v) is 3.69. The summed E-state index contributed by atoms with van der Waals surface area (Å²) < 4.78 is 22.8. The summed E-state index contributed by atoms with van der Waals surface area (Å²) in [5.41, 5.74) is 1.68. The zero-order chi connectivity index (χ0) is 22.8. The van der Waals surface area contributed by atoms with Crippen LogP contribution in [0.1, 0.15) is 22.3 Å². The fraction of sp³-hybridized carbons (Fsp3) is 0.300. The SMILES string of the molecule is CNC(=O)NCCCNC(=O)c1ccc(N(CCc2cccc(Cl)c2Cl)S(=O)O)cc1. The number of hydrogen-bond donors (Lipinski definition) is 4. The van der Waals surface area contributed by atoms with Crippen LogP contribution in [0.25, 0.3) is 0 Å². The van der Waals surface area contributed by atoms with Crippen LogP contribution in [0.2, 0.25) is 10.0 Å². The highest BCUT2D eigenvalue weighted by molar-refractivity contribution is 7.80. The van der Waals surface area contributed by atoms with Gasteiger partial charge in [0.2, 0.25) is 0 Å². The van der Waals surface area contributed by atoms with Gasteiger partial charge in [0.1, 0.15) is 0 Å². The van der Waals surface area contributed by atoms with Crippen LogP contribution >= 0.6 is 23.2 Å². The van der Waals surface area contributed by atoms with E-state index in [9.17, 15) is 18.4 Å². The fourth-order valence-electron chi connectivity index (χ4n) is 2.72. The molecule has 4 N–H and O–H groups in total. The molecule has 0 heterocycles. The highest BCUT2D eigenvalue weighted by Crippen LogP contribution is 2.26. The largest absolute Gasteiger partial charge is 0.352 e. The number of carbonyl (C=O) groups is 2. The average Bonchev–Trinajstić information content (AvgIpc) is 2.76. The van der Waals surface area contributed by atoms with Crippen LogP contribution in [-0.2, 0) is 17.7 Å². The van der Waals surface area contributed by atoms with E-state index in [-0.39, 0.29) is 18.5 Å². The number of urea groups is 1. The minimum atomic E-state index is -2.25. The Labute approximate surface area is 193 Å². The predicted molar refractivity (Wildman–Crippen MR) is 124 cm³/mol. The van der Waals surface area contributed by atoms with Gasteiger partial charge in [0.15, 0.2) is 0 Å². The zero-order valence-electron chi connectivity index (χ0n) is 16.9. The molecule has 0 spiro atoms. The van der Waals surface area contributed by atoms with Crippen LogP contribution < -0.4 is 20.3 Å². The van der Waals surface area contributed by atoms with E-state index in [1.807, 2.05) is 6.07 Å². The molecule has 3 amide bonds. The summed E-state index contributed by atoms with van der Waals surface area (Å²) in [6, 6.07) is 11.4. The Morgan fingerprint density at radius 1 is 1.06 bits per heavy atom. The maximum atomic E-state index is 12.2.